The molecule has 0 aliphatic carbocycles. The predicted octanol–water partition coefficient (Wildman–Crippen LogP) is 2.56. The first-order chi connectivity index (χ1) is 12.6. The second-order valence-corrected chi connectivity index (χ2v) is 6.84. The number of piperidine rings is 1. The fraction of sp³-hybridized carbons (Fsp3) is 0.474. The second kappa shape index (κ2) is 6.99. The van der Waals surface area contributed by atoms with Crippen LogP contribution in [0.15, 0.2) is 24.4 Å². The summed E-state index contributed by atoms with van der Waals surface area (Å²) in [5.41, 5.74) is 2.82. The van der Waals surface area contributed by atoms with Gasteiger partial charge in [-0.1, -0.05) is 6.07 Å². The Hall–Kier alpha value is -2.54. The average molecular weight is 352 g/mol. The zero-order valence-corrected chi connectivity index (χ0v) is 15.5. The van der Waals surface area contributed by atoms with Gasteiger partial charge in [0, 0.05) is 26.3 Å². The minimum absolute atomic E-state index is 0.174. The number of fused-ring (bicyclic) bond motifs is 1. The molecule has 4 heterocycles. The van der Waals surface area contributed by atoms with Crippen LogP contribution in [-0.4, -0.2) is 43.9 Å². The highest BCUT2D eigenvalue weighted by Crippen LogP contribution is 2.29. The van der Waals surface area contributed by atoms with E-state index in [0.717, 1.165) is 60.0 Å². The molecule has 26 heavy (non-hydrogen) atoms. The molecule has 0 saturated carbocycles. The van der Waals surface area contributed by atoms with E-state index in [1.54, 1.807) is 6.20 Å². The van der Waals surface area contributed by atoms with Gasteiger partial charge < -0.3 is 9.64 Å². The molecule has 136 valence electrons. The van der Waals surface area contributed by atoms with Gasteiger partial charge in [0.2, 0.25) is 0 Å². The Morgan fingerprint density at radius 2 is 2.12 bits per heavy atom. The highest BCUT2D eigenvalue weighted by atomic mass is 16.5. The number of pyridine rings is 1. The molecular formula is C19H24N6O. The maximum atomic E-state index is 6.13. The number of nitrogens with zero attached hydrogens (tertiary/aromatic N) is 6. The highest BCUT2D eigenvalue weighted by Gasteiger charge is 2.25. The van der Waals surface area contributed by atoms with Crippen molar-refractivity contribution in [3.63, 3.8) is 0 Å². The van der Waals surface area contributed by atoms with E-state index in [1.165, 1.54) is 0 Å². The second-order valence-electron chi connectivity index (χ2n) is 6.84. The average Bonchev–Trinajstić information content (AvgIpc) is 2.94. The molecule has 0 aromatic carbocycles. The van der Waals surface area contributed by atoms with Gasteiger partial charge in [-0.25, -0.2) is 9.97 Å². The first-order valence-electron chi connectivity index (χ1n) is 9.06. The number of aryl methyl sites for hydroxylation is 3. The summed E-state index contributed by atoms with van der Waals surface area (Å²) in [4.78, 5) is 16.0. The highest BCUT2D eigenvalue weighted by molar-refractivity contribution is 5.90. The summed E-state index contributed by atoms with van der Waals surface area (Å²) in [6.07, 6.45) is 4.12. The molecule has 1 aliphatic heterocycles. The maximum absolute atomic E-state index is 6.13. The van der Waals surface area contributed by atoms with Crippen LogP contribution in [-0.2, 0) is 18.4 Å². The van der Waals surface area contributed by atoms with Crippen LogP contribution in [0.5, 0.6) is 0 Å². The van der Waals surface area contributed by atoms with Crippen molar-refractivity contribution in [3.8, 4) is 0 Å². The number of rotatable bonds is 4. The smallest absolute Gasteiger partial charge is 0.163 e. The van der Waals surface area contributed by atoms with E-state index in [1.807, 2.05) is 43.8 Å². The van der Waals surface area contributed by atoms with Crippen molar-refractivity contribution in [2.75, 3.05) is 18.0 Å². The van der Waals surface area contributed by atoms with Gasteiger partial charge in [-0.15, -0.1) is 0 Å². The lowest BCUT2D eigenvalue weighted by atomic mass is 10.1. The minimum atomic E-state index is 0.174. The van der Waals surface area contributed by atoms with Crippen LogP contribution in [0.2, 0.25) is 0 Å². The lowest BCUT2D eigenvalue weighted by Crippen LogP contribution is -2.40. The monoisotopic (exact) mass is 352 g/mol. The van der Waals surface area contributed by atoms with Crippen molar-refractivity contribution < 1.29 is 4.74 Å². The van der Waals surface area contributed by atoms with Crippen LogP contribution in [0.3, 0.4) is 0 Å². The zero-order valence-electron chi connectivity index (χ0n) is 15.5. The summed E-state index contributed by atoms with van der Waals surface area (Å²) >= 11 is 0. The van der Waals surface area contributed by atoms with Crippen molar-refractivity contribution >= 4 is 16.9 Å². The van der Waals surface area contributed by atoms with Gasteiger partial charge in [-0.2, -0.15) is 5.10 Å². The lowest BCUT2D eigenvalue weighted by Gasteiger charge is -2.33. The fourth-order valence-corrected chi connectivity index (χ4v) is 3.61. The Kier molecular flexibility index (Phi) is 4.55. The SMILES string of the molecule is Cc1nc(N2CCC[C@@H](OCc3ccccn3)C2)c2c(C)nn(C)c2n1. The third-order valence-electron chi connectivity index (χ3n) is 4.82. The Bertz CT molecular complexity index is 907. The molecule has 1 aliphatic rings. The third-order valence-corrected chi connectivity index (χ3v) is 4.82. The number of ether oxygens (including phenoxy) is 1. The summed E-state index contributed by atoms with van der Waals surface area (Å²) in [5, 5.41) is 5.57. The summed E-state index contributed by atoms with van der Waals surface area (Å²) in [5.74, 6) is 1.75. The van der Waals surface area contributed by atoms with Crippen LogP contribution >= 0.6 is 0 Å². The molecule has 4 rings (SSSR count). The van der Waals surface area contributed by atoms with Gasteiger partial charge in [-0.05, 0) is 38.8 Å². The molecule has 0 N–H and O–H groups in total. The van der Waals surface area contributed by atoms with Crippen molar-refractivity contribution in [2.24, 2.45) is 7.05 Å². The quantitative estimate of drug-likeness (QED) is 0.719. The molecule has 7 nitrogen and oxygen atoms in total. The first-order valence-corrected chi connectivity index (χ1v) is 9.06. The van der Waals surface area contributed by atoms with Crippen LogP contribution in [0.4, 0.5) is 5.82 Å². The normalized spacial score (nSPS) is 17.8. The number of anilines is 1. The Morgan fingerprint density at radius 3 is 2.92 bits per heavy atom. The molecule has 0 bridgehead atoms. The molecule has 3 aromatic heterocycles. The minimum Gasteiger partial charge on any atom is -0.370 e. The summed E-state index contributed by atoms with van der Waals surface area (Å²) in [7, 11) is 1.93. The molecular weight excluding hydrogens is 328 g/mol. The van der Waals surface area contributed by atoms with E-state index < -0.39 is 0 Å². The molecule has 0 spiro atoms. The van der Waals surface area contributed by atoms with E-state index in [4.69, 9.17) is 9.72 Å². The molecule has 1 fully saturated rings. The van der Waals surface area contributed by atoms with Gasteiger partial charge in [0.25, 0.3) is 0 Å². The summed E-state index contributed by atoms with van der Waals surface area (Å²) in [6.45, 7) is 6.30. The standard InChI is InChI=1S/C19H24N6O/c1-13-17-18(24(3)23-13)21-14(2)22-19(17)25-10-6-8-16(11-25)26-12-15-7-4-5-9-20-15/h4-5,7,9,16H,6,8,10-12H2,1-3H3/t16-/m1/s1. The van der Waals surface area contributed by atoms with E-state index in [-0.39, 0.29) is 6.10 Å². The van der Waals surface area contributed by atoms with E-state index in [9.17, 15) is 0 Å². The Morgan fingerprint density at radius 1 is 1.23 bits per heavy atom. The van der Waals surface area contributed by atoms with E-state index in [2.05, 4.69) is 20.0 Å². The van der Waals surface area contributed by atoms with Crippen molar-refractivity contribution in [3.05, 3.63) is 41.6 Å². The van der Waals surface area contributed by atoms with Crippen molar-refractivity contribution in [1.82, 2.24) is 24.7 Å². The van der Waals surface area contributed by atoms with Crippen LogP contribution < -0.4 is 4.90 Å². The van der Waals surface area contributed by atoms with Crippen LogP contribution in [0.25, 0.3) is 11.0 Å². The van der Waals surface area contributed by atoms with Gasteiger partial charge in [0.1, 0.15) is 11.6 Å². The lowest BCUT2D eigenvalue weighted by molar-refractivity contribution is 0.0297. The van der Waals surface area contributed by atoms with Crippen molar-refractivity contribution in [1.29, 1.82) is 0 Å². The molecule has 0 unspecified atom stereocenters. The number of hydrogen-bond acceptors (Lipinski definition) is 6. The topological polar surface area (TPSA) is 69.0 Å². The van der Waals surface area contributed by atoms with Crippen LogP contribution in [0, 0.1) is 13.8 Å². The van der Waals surface area contributed by atoms with E-state index in [0.29, 0.717) is 6.61 Å². The summed E-state index contributed by atoms with van der Waals surface area (Å²) in [6, 6.07) is 5.91. The number of aromatic nitrogens is 5. The molecule has 0 radical (unpaired) electrons. The first kappa shape index (κ1) is 16.9. The molecule has 1 atom stereocenters. The molecule has 0 amide bonds. The van der Waals surface area contributed by atoms with Gasteiger partial charge in [-0.3, -0.25) is 9.67 Å². The molecule has 7 heteroatoms. The maximum Gasteiger partial charge on any atom is 0.163 e. The fourth-order valence-electron chi connectivity index (χ4n) is 3.61. The number of hydrogen-bond donors (Lipinski definition) is 0. The van der Waals surface area contributed by atoms with Gasteiger partial charge >= 0.3 is 0 Å². The largest absolute Gasteiger partial charge is 0.370 e. The zero-order chi connectivity index (χ0) is 18.1. The Labute approximate surface area is 153 Å². The third kappa shape index (κ3) is 3.26. The van der Waals surface area contributed by atoms with Crippen molar-refractivity contribution in [2.45, 2.75) is 39.4 Å². The predicted molar refractivity (Wildman–Crippen MR) is 100 cm³/mol. The van der Waals surface area contributed by atoms with Crippen LogP contribution in [0.1, 0.15) is 30.1 Å². The molecule has 3 aromatic rings. The van der Waals surface area contributed by atoms with Gasteiger partial charge in [0.15, 0.2) is 5.65 Å². The summed E-state index contributed by atoms with van der Waals surface area (Å²) < 4.78 is 7.97. The molecule has 1 saturated heterocycles. The van der Waals surface area contributed by atoms with E-state index >= 15 is 0 Å². The Balaban J connectivity index is 1.55. The van der Waals surface area contributed by atoms with Gasteiger partial charge in [0.05, 0.1) is 29.5 Å².